The van der Waals surface area contributed by atoms with Crippen LogP contribution < -0.4 is 10.5 Å². The number of nitrogens with two attached hydrogens (primary N) is 1. The Labute approximate surface area is 103 Å². The highest BCUT2D eigenvalue weighted by Gasteiger charge is 2.17. The summed E-state index contributed by atoms with van der Waals surface area (Å²) < 4.78 is 11.5. The number of benzene rings is 1. The molecule has 1 heterocycles. The maximum absolute atomic E-state index is 6.02. The molecular formula is C14H21NO2. The Morgan fingerprint density at radius 1 is 1.47 bits per heavy atom. The molecule has 3 heteroatoms. The van der Waals surface area contributed by atoms with Crippen LogP contribution in [0.3, 0.4) is 0 Å². The molecule has 1 fully saturated rings. The van der Waals surface area contributed by atoms with Crippen LogP contribution in [-0.2, 0) is 4.74 Å². The summed E-state index contributed by atoms with van der Waals surface area (Å²) in [5.74, 6) is 0.913. The van der Waals surface area contributed by atoms with E-state index in [1.54, 1.807) is 0 Å². The molecule has 1 aromatic carbocycles. The average Bonchev–Trinajstić information content (AvgIpc) is 2.30. The third-order valence-corrected chi connectivity index (χ3v) is 3.07. The average molecular weight is 235 g/mol. The van der Waals surface area contributed by atoms with Crippen molar-refractivity contribution in [3.8, 4) is 5.75 Å². The molecule has 3 nitrogen and oxygen atoms in total. The lowest BCUT2D eigenvalue weighted by Crippen LogP contribution is -2.28. The van der Waals surface area contributed by atoms with Gasteiger partial charge in [0.15, 0.2) is 0 Å². The highest BCUT2D eigenvalue weighted by Crippen LogP contribution is 2.27. The molecule has 0 spiro atoms. The molecule has 1 saturated heterocycles. The van der Waals surface area contributed by atoms with Crippen molar-refractivity contribution in [3.05, 3.63) is 29.3 Å². The SMILES string of the molecule is Cc1ccc([C@H](C)N)c(OC2CCCOC2)c1. The standard InChI is InChI=1S/C14H21NO2/c1-10-5-6-13(11(2)15)14(8-10)17-12-4-3-7-16-9-12/h5-6,8,11-12H,3-4,7,9,15H2,1-2H3/t11-,12?/m0/s1. The Kier molecular flexibility index (Phi) is 4.02. The Hall–Kier alpha value is -1.06. The molecule has 2 N–H and O–H groups in total. The zero-order valence-corrected chi connectivity index (χ0v) is 10.6. The Morgan fingerprint density at radius 3 is 2.94 bits per heavy atom. The smallest absolute Gasteiger partial charge is 0.124 e. The first kappa shape index (κ1) is 12.4. The Morgan fingerprint density at radius 2 is 2.29 bits per heavy atom. The lowest BCUT2D eigenvalue weighted by molar-refractivity contribution is 0.00691. The van der Waals surface area contributed by atoms with Gasteiger partial charge in [0.05, 0.1) is 6.61 Å². The van der Waals surface area contributed by atoms with Gasteiger partial charge >= 0.3 is 0 Å². The molecule has 1 aliphatic rings. The molecule has 0 bridgehead atoms. The molecule has 1 aliphatic heterocycles. The van der Waals surface area contributed by atoms with Crippen molar-refractivity contribution < 1.29 is 9.47 Å². The van der Waals surface area contributed by atoms with Crippen molar-refractivity contribution in [3.63, 3.8) is 0 Å². The van der Waals surface area contributed by atoms with Crippen LogP contribution in [0.5, 0.6) is 5.75 Å². The minimum atomic E-state index is -0.00453. The molecule has 0 amide bonds. The van der Waals surface area contributed by atoms with Crippen molar-refractivity contribution >= 4 is 0 Å². The molecule has 17 heavy (non-hydrogen) atoms. The fourth-order valence-electron chi connectivity index (χ4n) is 2.10. The highest BCUT2D eigenvalue weighted by molar-refractivity contribution is 5.39. The summed E-state index contributed by atoms with van der Waals surface area (Å²) in [6.45, 7) is 5.59. The van der Waals surface area contributed by atoms with E-state index in [0.717, 1.165) is 30.8 Å². The topological polar surface area (TPSA) is 44.5 Å². The highest BCUT2D eigenvalue weighted by atomic mass is 16.5. The van der Waals surface area contributed by atoms with Gasteiger partial charge in [0, 0.05) is 18.2 Å². The second-order valence-electron chi connectivity index (χ2n) is 4.79. The molecule has 2 atom stereocenters. The Bertz CT molecular complexity index is 370. The molecule has 0 aliphatic carbocycles. The molecule has 0 saturated carbocycles. The summed E-state index contributed by atoms with van der Waals surface area (Å²) in [5.41, 5.74) is 8.22. The fraction of sp³-hybridized carbons (Fsp3) is 0.571. The molecule has 94 valence electrons. The lowest BCUT2D eigenvalue weighted by Gasteiger charge is -2.25. The predicted molar refractivity (Wildman–Crippen MR) is 68.3 cm³/mol. The number of hydrogen-bond acceptors (Lipinski definition) is 3. The van der Waals surface area contributed by atoms with Gasteiger partial charge in [-0.2, -0.15) is 0 Å². The van der Waals surface area contributed by atoms with Gasteiger partial charge in [0.2, 0.25) is 0 Å². The number of rotatable bonds is 3. The second-order valence-corrected chi connectivity index (χ2v) is 4.79. The van der Waals surface area contributed by atoms with Gasteiger partial charge in [0.25, 0.3) is 0 Å². The second kappa shape index (κ2) is 5.52. The van der Waals surface area contributed by atoms with Gasteiger partial charge in [0.1, 0.15) is 11.9 Å². The first-order chi connectivity index (χ1) is 8.16. The first-order valence-corrected chi connectivity index (χ1v) is 6.27. The van der Waals surface area contributed by atoms with E-state index in [-0.39, 0.29) is 12.1 Å². The zero-order chi connectivity index (χ0) is 12.3. The van der Waals surface area contributed by atoms with Crippen LogP contribution in [0.25, 0.3) is 0 Å². The van der Waals surface area contributed by atoms with E-state index in [4.69, 9.17) is 15.2 Å². The van der Waals surface area contributed by atoms with Crippen LogP contribution in [-0.4, -0.2) is 19.3 Å². The van der Waals surface area contributed by atoms with Gasteiger partial charge in [-0.25, -0.2) is 0 Å². The maximum atomic E-state index is 6.02. The van der Waals surface area contributed by atoms with Crippen LogP contribution in [0.4, 0.5) is 0 Å². The number of aryl methyl sites for hydroxylation is 1. The van der Waals surface area contributed by atoms with Gasteiger partial charge < -0.3 is 15.2 Å². The third-order valence-electron chi connectivity index (χ3n) is 3.07. The van der Waals surface area contributed by atoms with Crippen LogP contribution >= 0.6 is 0 Å². The van der Waals surface area contributed by atoms with E-state index in [2.05, 4.69) is 25.1 Å². The van der Waals surface area contributed by atoms with Crippen LogP contribution in [0.15, 0.2) is 18.2 Å². The number of ether oxygens (including phenoxy) is 2. The van der Waals surface area contributed by atoms with Crippen LogP contribution in [0, 0.1) is 6.92 Å². The van der Waals surface area contributed by atoms with E-state index in [1.807, 2.05) is 6.92 Å². The van der Waals surface area contributed by atoms with E-state index in [0.29, 0.717) is 6.61 Å². The van der Waals surface area contributed by atoms with E-state index < -0.39 is 0 Å². The van der Waals surface area contributed by atoms with Gasteiger partial charge in [-0.3, -0.25) is 0 Å². The van der Waals surface area contributed by atoms with Crippen LogP contribution in [0.1, 0.15) is 36.9 Å². The molecule has 1 aromatic rings. The van der Waals surface area contributed by atoms with E-state index >= 15 is 0 Å². The summed E-state index contributed by atoms with van der Waals surface area (Å²) in [5, 5.41) is 0. The van der Waals surface area contributed by atoms with Crippen molar-refractivity contribution in [2.45, 2.75) is 38.8 Å². The maximum Gasteiger partial charge on any atom is 0.124 e. The molecule has 0 radical (unpaired) electrons. The zero-order valence-electron chi connectivity index (χ0n) is 10.6. The summed E-state index contributed by atoms with van der Waals surface area (Å²) in [7, 11) is 0. The minimum Gasteiger partial charge on any atom is -0.488 e. The molecular weight excluding hydrogens is 214 g/mol. The molecule has 2 rings (SSSR count). The van der Waals surface area contributed by atoms with Crippen molar-refractivity contribution in [2.24, 2.45) is 5.73 Å². The normalized spacial score (nSPS) is 22.2. The van der Waals surface area contributed by atoms with Crippen molar-refractivity contribution in [1.29, 1.82) is 0 Å². The summed E-state index contributed by atoms with van der Waals surface area (Å²) >= 11 is 0. The largest absolute Gasteiger partial charge is 0.488 e. The van der Waals surface area contributed by atoms with E-state index in [1.165, 1.54) is 5.56 Å². The molecule has 0 aromatic heterocycles. The first-order valence-electron chi connectivity index (χ1n) is 6.27. The van der Waals surface area contributed by atoms with Gasteiger partial charge in [-0.1, -0.05) is 12.1 Å². The monoisotopic (exact) mass is 235 g/mol. The fourth-order valence-corrected chi connectivity index (χ4v) is 2.10. The minimum absolute atomic E-state index is 0.00453. The quantitative estimate of drug-likeness (QED) is 0.875. The van der Waals surface area contributed by atoms with Crippen molar-refractivity contribution in [2.75, 3.05) is 13.2 Å². The predicted octanol–water partition coefficient (Wildman–Crippen LogP) is 2.57. The van der Waals surface area contributed by atoms with Gasteiger partial charge in [-0.15, -0.1) is 0 Å². The summed E-state index contributed by atoms with van der Waals surface area (Å²) in [6, 6.07) is 6.19. The molecule has 1 unspecified atom stereocenters. The third kappa shape index (κ3) is 3.20. The van der Waals surface area contributed by atoms with Crippen LogP contribution in [0.2, 0.25) is 0 Å². The van der Waals surface area contributed by atoms with E-state index in [9.17, 15) is 0 Å². The summed E-state index contributed by atoms with van der Waals surface area (Å²) in [6.07, 6.45) is 2.30. The van der Waals surface area contributed by atoms with Crippen molar-refractivity contribution in [1.82, 2.24) is 0 Å². The Balaban J connectivity index is 2.14. The summed E-state index contributed by atoms with van der Waals surface area (Å²) in [4.78, 5) is 0. The lowest BCUT2D eigenvalue weighted by atomic mass is 10.1. The van der Waals surface area contributed by atoms with Gasteiger partial charge in [-0.05, 0) is 38.3 Å². The number of hydrogen-bond donors (Lipinski definition) is 1.